The molecule has 0 aliphatic heterocycles. The lowest BCUT2D eigenvalue weighted by molar-refractivity contribution is -0.136. The highest BCUT2D eigenvalue weighted by molar-refractivity contribution is 5.76. The minimum atomic E-state index is -0.262. The van der Waals surface area contributed by atoms with E-state index in [0.29, 0.717) is 6.42 Å². The van der Waals surface area contributed by atoms with E-state index in [4.69, 9.17) is 5.84 Å². The Bertz CT molecular complexity index is 173. The molecule has 0 unspecified atom stereocenters. The average molecular weight is 200 g/mol. The number of unbranched alkanes of at least 4 members (excludes halogenated alkanes) is 3. The number of nitrogens with two attached hydrogens (primary N) is 1. The van der Waals surface area contributed by atoms with Gasteiger partial charge in [-0.05, 0) is 27.2 Å². The second-order valence-corrected chi connectivity index (χ2v) is 4.75. The number of amides is 1. The number of hydrazine groups is 1. The Morgan fingerprint density at radius 1 is 1.21 bits per heavy atom. The summed E-state index contributed by atoms with van der Waals surface area (Å²) in [6, 6.07) is 0. The Labute approximate surface area is 87.6 Å². The van der Waals surface area contributed by atoms with E-state index in [2.05, 4.69) is 6.92 Å². The van der Waals surface area contributed by atoms with Crippen molar-refractivity contribution in [3.05, 3.63) is 0 Å². The number of rotatable bonds is 5. The first kappa shape index (κ1) is 13.4. The molecule has 84 valence electrons. The summed E-state index contributed by atoms with van der Waals surface area (Å²) in [7, 11) is 0. The molecule has 0 fully saturated rings. The lowest BCUT2D eigenvalue weighted by Gasteiger charge is -2.31. The number of carbonyl (C=O) groups is 1. The fourth-order valence-corrected chi connectivity index (χ4v) is 1.20. The molecule has 0 aliphatic rings. The van der Waals surface area contributed by atoms with Crippen molar-refractivity contribution in [2.75, 3.05) is 0 Å². The molecule has 0 heterocycles. The normalized spacial score (nSPS) is 11.5. The highest BCUT2D eigenvalue weighted by atomic mass is 16.2. The third-order valence-corrected chi connectivity index (χ3v) is 2.24. The first-order chi connectivity index (χ1) is 6.39. The van der Waals surface area contributed by atoms with Gasteiger partial charge in [0.05, 0.1) is 5.54 Å². The van der Waals surface area contributed by atoms with Gasteiger partial charge in [-0.25, -0.2) is 5.84 Å². The second kappa shape index (κ2) is 6.02. The maximum Gasteiger partial charge on any atom is 0.236 e. The molecule has 2 N–H and O–H groups in total. The molecule has 0 spiro atoms. The van der Waals surface area contributed by atoms with Crippen LogP contribution in [0.2, 0.25) is 0 Å². The van der Waals surface area contributed by atoms with Crippen molar-refractivity contribution in [3.63, 3.8) is 0 Å². The molecule has 0 atom stereocenters. The van der Waals surface area contributed by atoms with Gasteiger partial charge < -0.3 is 0 Å². The summed E-state index contributed by atoms with van der Waals surface area (Å²) in [5.74, 6) is 5.74. The molecule has 0 saturated heterocycles. The predicted molar refractivity (Wildman–Crippen MR) is 59.5 cm³/mol. The van der Waals surface area contributed by atoms with Crippen molar-refractivity contribution in [2.24, 2.45) is 5.84 Å². The molecular weight excluding hydrogens is 176 g/mol. The number of hydrogen-bond acceptors (Lipinski definition) is 2. The van der Waals surface area contributed by atoms with Crippen LogP contribution in [0.25, 0.3) is 0 Å². The lowest BCUT2D eigenvalue weighted by Crippen LogP contribution is -2.50. The summed E-state index contributed by atoms with van der Waals surface area (Å²) in [6.07, 6.45) is 5.05. The maximum atomic E-state index is 11.6. The lowest BCUT2D eigenvalue weighted by atomic mass is 10.1. The Morgan fingerprint density at radius 3 is 2.21 bits per heavy atom. The van der Waals surface area contributed by atoms with Gasteiger partial charge in [-0.1, -0.05) is 26.2 Å². The molecule has 0 rings (SSSR count). The highest BCUT2D eigenvalue weighted by Gasteiger charge is 2.22. The first-order valence-corrected chi connectivity index (χ1v) is 5.47. The van der Waals surface area contributed by atoms with Crippen LogP contribution in [0.3, 0.4) is 0 Å². The second-order valence-electron chi connectivity index (χ2n) is 4.75. The van der Waals surface area contributed by atoms with E-state index in [0.717, 1.165) is 12.8 Å². The molecule has 0 bridgehead atoms. The summed E-state index contributed by atoms with van der Waals surface area (Å²) in [5.41, 5.74) is -0.262. The Balaban J connectivity index is 3.74. The SMILES string of the molecule is CCCCCCC(=O)N(N)C(C)(C)C. The van der Waals surface area contributed by atoms with Crippen molar-refractivity contribution < 1.29 is 4.79 Å². The Kier molecular flexibility index (Phi) is 5.77. The number of hydrogen-bond donors (Lipinski definition) is 1. The van der Waals surface area contributed by atoms with E-state index >= 15 is 0 Å². The van der Waals surface area contributed by atoms with Crippen LogP contribution in [0.4, 0.5) is 0 Å². The third-order valence-electron chi connectivity index (χ3n) is 2.24. The summed E-state index contributed by atoms with van der Waals surface area (Å²) >= 11 is 0. The number of carbonyl (C=O) groups excluding carboxylic acids is 1. The van der Waals surface area contributed by atoms with Gasteiger partial charge in [-0.15, -0.1) is 0 Å². The zero-order chi connectivity index (χ0) is 11.2. The molecule has 3 nitrogen and oxygen atoms in total. The molecule has 3 heteroatoms. The van der Waals surface area contributed by atoms with Gasteiger partial charge in [0, 0.05) is 6.42 Å². The summed E-state index contributed by atoms with van der Waals surface area (Å²) in [4.78, 5) is 11.6. The zero-order valence-electron chi connectivity index (χ0n) is 9.97. The van der Waals surface area contributed by atoms with E-state index in [-0.39, 0.29) is 11.4 Å². The topological polar surface area (TPSA) is 46.3 Å². The highest BCUT2D eigenvalue weighted by Crippen LogP contribution is 2.11. The van der Waals surface area contributed by atoms with E-state index in [1.807, 2.05) is 20.8 Å². The third kappa shape index (κ3) is 5.22. The molecule has 0 aromatic carbocycles. The van der Waals surface area contributed by atoms with E-state index in [1.54, 1.807) is 0 Å². The van der Waals surface area contributed by atoms with Crippen molar-refractivity contribution in [1.29, 1.82) is 0 Å². The zero-order valence-corrected chi connectivity index (χ0v) is 9.97. The van der Waals surface area contributed by atoms with Gasteiger partial charge in [0.25, 0.3) is 0 Å². The van der Waals surface area contributed by atoms with E-state index < -0.39 is 0 Å². The number of nitrogens with zero attached hydrogens (tertiary/aromatic N) is 1. The van der Waals surface area contributed by atoms with Crippen LogP contribution in [-0.4, -0.2) is 16.5 Å². The maximum absolute atomic E-state index is 11.6. The fourth-order valence-electron chi connectivity index (χ4n) is 1.20. The molecule has 0 aromatic heterocycles. The van der Waals surface area contributed by atoms with Gasteiger partial charge in [-0.2, -0.15) is 0 Å². The summed E-state index contributed by atoms with van der Waals surface area (Å²) < 4.78 is 0. The van der Waals surface area contributed by atoms with Crippen LogP contribution in [-0.2, 0) is 4.79 Å². The average Bonchev–Trinajstić information content (AvgIpc) is 2.09. The first-order valence-electron chi connectivity index (χ1n) is 5.47. The van der Waals surface area contributed by atoms with Crippen LogP contribution in [0, 0.1) is 0 Å². The summed E-state index contributed by atoms with van der Waals surface area (Å²) in [6.45, 7) is 7.98. The standard InChI is InChI=1S/C11H24N2O/c1-5-6-7-8-9-10(14)13(12)11(2,3)4/h5-9,12H2,1-4H3. The van der Waals surface area contributed by atoms with Gasteiger partial charge in [0.15, 0.2) is 0 Å². The fraction of sp³-hybridized carbons (Fsp3) is 0.909. The van der Waals surface area contributed by atoms with Gasteiger partial charge in [-0.3, -0.25) is 9.80 Å². The molecule has 0 saturated carbocycles. The minimum Gasteiger partial charge on any atom is -0.275 e. The quantitative estimate of drug-likeness (QED) is 0.321. The van der Waals surface area contributed by atoms with Crippen LogP contribution in [0.1, 0.15) is 59.8 Å². The molecule has 1 amide bonds. The predicted octanol–water partition coefficient (Wildman–Crippen LogP) is 2.46. The van der Waals surface area contributed by atoms with Gasteiger partial charge in [0.2, 0.25) is 5.91 Å². The van der Waals surface area contributed by atoms with Crippen LogP contribution in [0.15, 0.2) is 0 Å². The van der Waals surface area contributed by atoms with Crippen LogP contribution >= 0.6 is 0 Å². The molecular formula is C11H24N2O. The molecule has 14 heavy (non-hydrogen) atoms. The largest absolute Gasteiger partial charge is 0.275 e. The Morgan fingerprint density at radius 2 is 1.79 bits per heavy atom. The molecule has 0 aliphatic carbocycles. The van der Waals surface area contributed by atoms with Crippen molar-refractivity contribution in [3.8, 4) is 0 Å². The summed E-state index contributed by atoms with van der Waals surface area (Å²) in [5, 5.41) is 1.35. The van der Waals surface area contributed by atoms with Crippen LogP contribution < -0.4 is 5.84 Å². The van der Waals surface area contributed by atoms with Gasteiger partial charge >= 0.3 is 0 Å². The van der Waals surface area contributed by atoms with Crippen molar-refractivity contribution in [1.82, 2.24) is 5.01 Å². The van der Waals surface area contributed by atoms with Crippen LogP contribution in [0.5, 0.6) is 0 Å². The van der Waals surface area contributed by atoms with Crippen molar-refractivity contribution in [2.45, 2.75) is 65.3 Å². The van der Waals surface area contributed by atoms with Gasteiger partial charge in [0.1, 0.15) is 0 Å². The Hall–Kier alpha value is -0.570. The van der Waals surface area contributed by atoms with Crippen molar-refractivity contribution >= 4 is 5.91 Å². The molecule has 0 radical (unpaired) electrons. The smallest absolute Gasteiger partial charge is 0.236 e. The minimum absolute atomic E-state index is 0.0496. The monoisotopic (exact) mass is 200 g/mol. The van der Waals surface area contributed by atoms with E-state index in [9.17, 15) is 4.79 Å². The van der Waals surface area contributed by atoms with E-state index in [1.165, 1.54) is 17.9 Å². The molecule has 0 aromatic rings.